The van der Waals surface area contributed by atoms with Gasteiger partial charge in [0, 0.05) is 12.0 Å². The lowest BCUT2D eigenvalue weighted by molar-refractivity contribution is -0.143. The molecule has 0 spiro atoms. The Bertz CT molecular complexity index is 1020. The molecule has 0 fully saturated rings. The number of aliphatic carboxylic acids is 1. The van der Waals surface area contributed by atoms with Crippen molar-refractivity contribution < 1.29 is 24.2 Å². The molecule has 2 amide bonds. The summed E-state index contributed by atoms with van der Waals surface area (Å²) in [6.45, 7) is 9.48. The van der Waals surface area contributed by atoms with Crippen LogP contribution in [0.1, 0.15) is 58.1 Å². The summed E-state index contributed by atoms with van der Waals surface area (Å²) in [5.74, 6) is -2.12. The van der Waals surface area contributed by atoms with Crippen molar-refractivity contribution in [2.45, 2.75) is 59.0 Å². The van der Waals surface area contributed by atoms with Crippen LogP contribution in [0.5, 0.6) is 0 Å². The first-order chi connectivity index (χ1) is 16.6. The Hall–Kier alpha value is -3.35. The Balaban J connectivity index is 1.63. The van der Waals surface area contributed by atoms with Crippen LogP contribution < -0.4 is 10.6 Å². The Kier molecular flexibility index (Phi) is 8.54. The number of hydrogen-bond acceptors (Lipinski definition) is 4. The third kappa shape index (κ3) is 6.21. The SMILES string of the molecule is CC(C)C[C@@H](NC(=O)C(C(C)C)C(C)NC(=O)OCC1c2ccccc2-c2ccccc21)C(=O)O. The zero-order valence-corrected chi connectivity index (χ0v) is 21.1. The van der Waals surface area contributed by atoms with Gasteiger partial charge in [0.25, 0.3) is 0 Å². The summed E-state index contributed by atoms with van der Waals surface area (Å²) < 4.78 is 5.62. The largest absolute Gasteiger partial charge is 0.480 e. The molecule has 3 atom stereocenters. The van der Waals surface area contributed by atoms with Crippen molar-refractivity contribution in [1.29, 1.82) is 0 Å². The summed E-state index contributed by atoms with van der Waals surface area (Å²) in [4.78, 5) is 37.3. The second kappa shape index (κ2) is 11.4. The lowest BCUT2D eigenvalue weighted by atomic mass is 9.88. The molecule has 0 bridgehead atoms. The number of carboxylic acid groups (broad SMARTS) is 1. The summed E-state index contributed by atoms with van der Waals surface area (Å²) in [5.41, 5.74) is 4.55. The number of amides is 2. The number of alkyl carbamates (subject to hydrolysis) is 1. The Morgan fingerprint density at radius 3 is 1.91 bits per heavy atom. The van der Waals surface area contributed by atoms with E-state index in [1.54, 1.807) is 6.92 Å². The van der Waals surface area contributed by atoms with E-state index < -0.39 is 30.1 Å². The molecule has 2 aromatic carbocycles. The molecule has 0 aliphatic heterocycles. The third-order valence-electron chi connectivity index (χ3n) is 6.57. The summed E-state index contributed by atoms with van der Waals surface area (Å²) in [5, 5.41) is 14.9. The number of rotatable bonds is 10. The highest BCUT2D eigenvalue weighted by molar-refractivity contribution is 5.86. The van der Waals surface area contributed by atoms with Crippen molar-refractivity contribution in [3.8, 4) is 11.1 Å². The molecule has 7 heteroatoms. The number of ether oxygens (including phenoxy) is 1. The van der Waals surface area contributed by atoms with E-state index in [1.807, 2.05) is 52.0 Å². The summed E-state index contributed by atoms with van der Waals surface area (Å²) in [7, 11) is 0. The molecule has 188 valence electrons. The molecule has 0 heterocycles. The van der Waals surface area contributed by atoms with Gasteiger partial charge in [-0.15, -0.1) is 0 Å². The topological polar surface area (TPSA) is 105 Å². The van der Waals surface area contributed by atoms with E-state index in [-0.39, 0.29) is 30.3 Å². The van der Waals surface area contributed by atoms with Crippen LogP contribution in [-0.4, -0.2) is 41.8 Å². The van der Waals surface area contributed by atoms with Crippen LogP contribution in [0.15, 0.2) is 48.5 Å². The average molecular weight is 481 g/mol. The van der Waals surface area contributed by atoms with Crippen LogP contribution >= 0.6 is 0 Å². The van der Waals surface area contributed by atoms with Gasteiger partial charge in [-0.1, -0.05) is 76.2 Å². The predicted octanol–water partition coefficient (Wildman–Crippen LogP) is 4.80. The van der Waals surface area contributed by atoms with Gasteiger partial charge in [0.2, 0.25) is 5.91 Å². The predicted molar refractivity (Wildman–Crippen MR) is 135 cm³/mol. The summed E-state index contributed by atoms with van der Waals surface area (Å²) in [6.07, 6.45) is -0.269. The molecule has 3 rings (SSSR count). The van der Waals surface area contributed by atoms with Gasteiger partial charge >= 0.3 is 12.1 Å². The monoisotopic (exact) mass is 480 g/mol. The zero-order chi connectivity index (χ0) is 25.7. The van der Waals surface area contributed by atoms with Gasteiger partial charge in [0.15, 0.2) is 0 Å². The van der Waals surface area contributed by atoms with Gasteiger partial charge in [-0.25, -0.2) is 9.59 Å². The molecule has 2 unspecified atom stereocenters. The van der Waals surface area contributed by atoms with Crippen molar-refractivity contribution in [3.63, 3.8) is 0 Å². The van der Waals surface area contributed by atoms with Crippen LogP contribution in [0.2, 0.25) is 0 Å². The summed E-state index contributed by atoms with van der Waals surface area (Å²) in [6, 6.07) is 14.7. The molecule has 0 radical (unpaired) electrons. The van der Waals surface area contributed by atoms with Crippen LogP contribution in [-0.2, 0) is 14.3 Å². The molecule has 2 aromatic rings. The number of benzene rings is 2. The van der Waals surface area contributed by atoms with E-state index in [2.05, 4.69) is 34.9 Å². The number of carbonyl (C=O) groups excluding carboxylic acids is 2. The van der Waals surface area contributed by atoms with Gasteiger partial charge in [-0.3, -0.25) is 4.79 Å². The van der Waals surface area contributed by atoms with Crippen LogP contribution in [0.4, 0.5) is 4.79 Å². The highest BCUT2D eigenvalue weighted by atomic mass is 16.5. The van der Waals surface area contributed by atoms with Crippen molar-refractivity contribution >= 4 is 18.0 Å². The van der Waals surface area contributed by atoms with Crippen molar-refractivity contribution in [3.05, 3.63) is 59.7 Å². The van der Waals surface area contributed by atoms with Gasteiger partial charge in [0.1, 0.15) is 12.6 Å². The Morgan fingerprint density at radius 1 is 0.886 bits per heavy atom. The van der Waals surface area contributed by atoms with Gasteiger partial charge < -0.3 is 20.5 Å². The molecule has 7 nitrogen and oxygen atoms in total. The van der Waals surface area contributed by atoms with Crippen LogP contribution in [0, 0.1) is 17.8 Å². The van der Waals surface area contributed by atoms with E-state index in [9.17, 15) is 19.5 Å². The number of carbonyl (C=O) groups is 3. The molecule has 3 N–H and O–H groups in total. The standard InChI is InChI=1S/C28H36N2O5/c1-16(2)14-24(27(32)33)30-26(31)25(17(3)4)18(5)29-28(34)35-15-23-21-12-8-6-10-19(21)20-11-7-9-13-22(20)23/h6-13,16-18,23-25H,14-15H2,1-5H3,(H,29,34)(H,30,31)(H,32,33)/t18?,24-,25?/m1/s1. The smallest absolute Gasteiger partial charge is 0.407 e. The lowest BCUT2D eigenvalue weighted by Crippen LogP contribution is -2.51. The van der Waals surface area contributed by atoms with Crippen LogP contribution in [0.3, 0.4) is 0 Å². The average Bonchev–Trinajstić information content (AvgIpc) is 3.10. The Morgan fingerprint density at radius 2 is 1.43 bits per heavy atom. The fourth-order valence-electron chi connectivity index (χ4n) is 4.98. The second-order valence-electron chi connectivity index (χ2n) is 10.1. The molecule has 0 saturated carbocycles. The lowest BCUT2D eigenvalue weighted by Gasteiger charge is -2.29. The number of fused-ring (bicyclic) bond motifs is 3. The molecular formula is C28H36N2O5. The van der Waals surface area contributed by atoms with E-state index in [0.717, 1.165) is 22.3 Å². The van der Waals surface area contributed by atoms with E-state index in [1.165, 1.54) is 0 Å². The summed E-state index contributed by atoms with van der Waals surface area (Å²) >= 11 is 0. The van der Waals surface area contributed by atoms with Gasteiger partial charge in [0.05, 0.1) is 5.92 Å². The first kappa shape index (κ1) is 26.3. The van der Waals surface area contributed by atoms with Gasteiger partial charge in [-0.2, -0.15) is 0 Å². The highest BCUT2D eigenvalue weighted by Crippen LogP contribution is 2.44. The Labute approximate surface area is 207 Å². The number of nitrogens with one attached hydrogen (secondary N) is 2. The van der Waals surface area contributed by atoms with Crippen molar-refractivity contribution in [2.75, 3.05) is 6.61 Å². The maximum atomic E-state index is 13.0. The molecule has 0 aromatic heterocycles. The molecule has 1 aliphatic rings. The molecule has 35 heavy (non-hydrogen) atoms. The number of hydrogen-bond donors (Lipinski definition) is 3. The first-order valence-electron chi connectivity index (χ1n) is 12.2. The zero-order valence-electron chi connectivity index (χ0n) is 21.1. The fraction of sp³-hybridized carbons (Fsp3) is 0.464. The van der Waals surface area contributed by atoms with Crippen LogP contribution in [0.25, 0.3) is 11.1 Å². The third-order valence-corrected chi connectivity index (χ3v) is 6.57. The minimum absolute atomic E-state index is 0.0555. The molecule has 1 aliphatic carbocycles. The maximum Gasteiger partial charge on any atom is 0.407 e. The first-order valence-corrected chi connectivity index (χ1v) is 12.2. The molecular weight excluding hydrogens is 444 g/mol. The maximum absolute atomic E-state index is 13.0. The quantitative estimate of drug-likeness (QED) is 0.453. The van der Waals surface area contributed by atoms with E-state index in [4.69, 9.17) is 4.74 Å². The second-order valence-corrected chi connectivity index (χ2v) is 10.1. The fourth-order valence-corrected chi connectivity index (χ4v) is 4.98. The minimum Gasteiger partial charge on any atom is -0.480 e. The van der Waals surface area contributed by atoms with Crippen molar-refractivity contribution in [2.24, 2.45) is 17.8 Å². The molecule has 0 saturated heterocycles. The van der Waals surface area contributed by atoms with E-state index >= 15 is 0 Å². The van der Waals surface area contributed by atoms with E-state index in [0.29, 0.717) is 6.42 Å². The highest BCUT2D eigenvalue weighted by Gasteiger charge is 2.33. The van der Waals surface area contributed by atoms with Crippen molar-refractivity contribution in [1.82, 2.24) is 10.6 Å². The minimum atomic E-state index is -1.06. The number of carboxylic acids is 1. The normalized spacial score (nSPS) is 15.2. The van der Waals surface area contributed by atoms with Gasteiger partial charge in [-0.05, 0) is 47.4 Å².